The van der Waals surface area contributed by atoms with E-state index in [1.54, 1.807) is 0 Å². The van der Waals surface area contributed by atoms with Crippen LogP contribution in [0.4, 0.5) is 0 Å². The highest BCUT2D eigenvalue weighted by Gasteiger charge is 2.28. The molecule has 0 aliphatic carbocycles. The van der Waals surface area contributed by atoms with Crippen LogP contribution in [-0.2, 0) is 0 Å². The highest BCUT2D eigenvalue weighted by Crippen LogP contribution is 2.25. The first kappa shape index (κ1) is 14.9. The number of aromatic nitrogens is 2. The van der Waals surface area contributed by atoms with Crippen molar-refractivity contribution in [2.45, 2.75) is 13.0 Å². The molecule has 2 heterocycles. The summed E-state index contributed by atoms with van der Waals surface area (Å²) in [6, 6.07) is 16.0. The second-order valence-corrected chi connectivity index (χ2v) is 6.18. The molecule has 1 saturated heterocycles. The molecule has 1 amide bonds. The van der Waals surface area contributed by atoms with Crippen LogP contribution in [0.1, 0.15) is 27.8 Å². The predicted octanol–water partition coefficient (Wildman–Crippen LogP) is 2.66. The van der Waals surface area contributed by atoms with E-state index >= 15 is 0 Å². The summed E-state index contributed by atoms with van der Waals surface area (Å²) in [6.07, 6.45) is 0. The molecule has 4 rings (SSSR count). The zero-order valence-electron chi connectivity index (χ0n) is 13.6. The Morgan fingerprint density at radius 1 is 1.21 bits per heavy atom. The van der Waals surface area contributed by atoms with Gasteiger partial charge in [-0.05, 0) is 30.7 Å². The van der Waals surface area contributed by atoms with Crippen molar-refractivity contribution in [3.8, 4) is 0 Å². The van der Waals surface area contributed by atoms with Gasteiger partial charge in [-0.2, -0.15) is 0 Å². The number of piperazine rings is 1. The molecule has 1 atom stereocenters. The Bertz CT molecular complexity index is 871. The molecule has 5 heteroatoms. The van der Waals surface area contributed by atoms with E-state index in [-0.39, 0.29) is 11.9 Å². The summed E-state index contributed by atoms with van der Waals surface area (Å²) in [4.78, 5) is 22.7. The summed E-state index contributed by atoms with van der Waals surface area (Å²) in [5, 5.41) is 3.39. The number of H-pyrrole nitrogens is 1. The average Bonchev–Trinajstić information content (AvgIpc) is 3.01. The van der Waals surface area contributed by atoms with Crippen LogP contribution in [-0.4, -0.2) is 40.4 Å². The van der Waals surface area contributed by atoms with Gasteiger partial charge in [-0.3, -0.25) is 4.79 Å². The fraction of sp³-hybridized carbons (Fsp3) is 0.263. The Labute approximate surface area is 140 Å². The van der Waals surface area contributed by atoms with Crippen molar-refractivity contribution in [2.75, 3.05) is 19.6 Å². The summed E-state index contributed by atoms with van der Waals surface area (Å²) in [6.45, 7) is 4.23. The smallest absolute Gasteiger partial charge is 0.254 e. The molecule has 2 N–H and O–H groups in total. The molecule has 0 radical (unpaired) electrons. The second-order valence-electron chi connectivity index (χ2n) is 6.18. The maximum Gasteiger partial charge on any atom is 0.254 e. The summed E-state index contributed by atoms with van der Waals surface area (Å²) < 4.78 is 0. The minimum atomic E-state index is 0.0617. The number of hydrogen-bond acceptors (Lipinski definition) is 3. The first-order chi connectivity index (χ1) is 11.7. The molecule has 5 nitrogen and oxygen atoms in total. The van der Waals surface area contributed by atoms with Crippen LogP contribution in [0.2, 0.25) is 0 Å². The molecule has 0 unspecified atom stereocenters. The summed E-state index contributed by atoms with van der Waals surface area (Å²) in [5.74, 6) is 0.929. The van der Waals surface area contributed by atoms with Crippen LogP contribution in [0.25, 0.3) is 11.0 Å². The van der Waals surface area contributed by atoms with Gasteiger partial charge in [0.25, 0.3) is 5.91 Å². The number of imidazole rings is 1. The number of fused-ring (bicyclic) bond motifs is 1. The van der Waals surface area contributed by atoms with Crippen molar-refractivity contribution in [3.05, 3.63) is 65.5 Å². The van der Waals surface area contributed by atoms with Gasteiger partial charge in [-0.15, -0.1) is 0 Å². The van der Waals surface area contributed by atoms with Crippen molar-refractivity contribution in [2.24, 2.45) is 0 Å². The van der Waals surface area contributed by atoms with Crippen LogP contribution in [0.5, 0.6) is 0 Å². The lowest BCUT2D eigenvalue weighted by Gasteiger charge is -2.36. The van der Waals surface area contributed by atoms with Gasteiger partial charge in [0, 0.05) is 25.2 Å². The molecule has 0 saturated carbocycles. The zero-order chi connectivity index (χ0) is 16.5. The second kappa shape index (κ2) is 6.09. The van der Waals surface area contributed by atoms with Crippen molar-refractivity contribution in [3.63, 3.8) is 0 Å². The van der Waals surface area contributed by atoms with E-state index in [0.717, 1.165) is 35.5 Å². The van der Waals surface area contributed by atoms with Gasteiger partial charge in [0.05, 0.1) is 17.1 Å². The lowest BCUT2D eigenvalue weighted by Crippen LogP contribution is -2.48. The highest BCUT2D eigenvalue weighted by molar-refractivity contribution is 5.97. The number of amides is 1. The van der Waals surface area contributed by atoms with E-state index in [1.807, 2.05) is 48.2 Å². The van der Waals surface area contributed by atoms with Crippen molar-refractivity contribution >= 4 is 16.9 Å². The number of benzene rings is 2. The molecule has 24 heavy (non-hydrogen) atoms. The minimum absolute atomic E-state index is 0.0617. The Kier molecular flexibility index (Phi) is 3.78. The number of aromatic amines is 1. The van der Waals surface area contributed by atoms with E-state index in [4.69, 9.17) is 0 Å². The maximum atomic E-state index is 13.1. The molecule has 1 aromatic heterocycles. The third-order valence-corrected chi connectivity index (χ3v) is 4.54. The number of nitrogens with zero attached hydrogens (tertiary/aromatic N) is 2. The van der Waals surface area contributed by atoms with Gasteiger partial charge in [0.2, 0.25) is 0 Å². The summed E-state index contributed by atoms with van der Waals surface area (Å²) >= 11 is 0. The highest BCUT2D eigenvalue weighted by atomic mass is 16.2. The third-order valence-electron chi connectivity index (χ3n) is 4.54. The van der Waals surface area contributed by atoms with E-state index < -0.39 is 0 Å². The maximum absolute atomic E-state index is 13.1. The number of aryl methyl sites for hydroxylation is 1. The molecular formula is C19H20N4O. The van der Waals surface area contributed by atoms with E-state index in [0.29, 0.717) is 12.1 Å². The van der Waals surface area contributed by atoms with Gasteiger partial charge in [0.1, 0.15) is 5.82 Å². The molecule has 1 aliphatic rings. The SMILES string of the molecule is Cc1nc2ccc(C(=O)N3CCNC[C@@H]3c3ccccc3)cc2[nH]1. The van der Waals surface area contributed by atoms with Gasteiger partial charge >= 0.3 is 0 Å². The van der Waals surface area contributed by atoms with E-state index in [9.17, 15) is 4.79 Å². The Balaban J connectivity index is 1.67. The predicted molar refractivity (Wildman–Crippen MR) is 93.9 cm³/mol. The van der Waals surface area contributed by atoms with Gasteiger partial charge < -0.3 is 15.2 Å². The third kappa shape index (κ3) is 2.67. The monoisotopic (exact) mass is 320 g/mol. The summed E-state index contributed by atoms with van der Waals surface area (Å²) in [7, 11) is 0. The van der Waals surface area contributed by atoms with Crippen LogP contribution in [0, 0.1) is 6.92 Å². The standard InChI is InChI=1S/C19H20N4O/c1-13-21-16-8-7-15(11-17(16)22-13)19(24)23-10-9-20-12-18(23)14-5-3-2-4-6-14/h2-8,11,18,20H,9-10,12H2,1H3,(H,21,22)/t18-/m1/s1. The first-order valence-electron chi connectivity index (χ1n) is 8.25. The van der Waals surface area contributed by atoms with E-state index in [1.165, 1.54) is 0 Å². The number of carbonyl (C=O) groups is 1. The number of hydrogen-bond donors (Lipinski definition) is 2. The molecular weight excluding hydrogens is 300 g/mol. The molecule has 0 bridgehead atoms. The Hall–Kier alpha value is -2.66. The Morgan fingerprint density at radius 3 is 2.88 bits per heavy atom. The van der Waals surface area contributed by atoms with Gasteiger partial charge in [-0.1, -0.05) is 30.3 Å². The van der Waals surface area contributed by atoms with Gasteiger partial charge in [-0.25, -0.2) is 4.98 Å². The topological polar surface area (TPSA) is 61.0 Å². The first-order valence-corrected chi connectivity index (χ1v) is 8.25. The summed E-state index contributed by atoms with van der Waals surface area (Å²) in [5.41, 5.74) is 3.67. The molecule has 0 spiro atoms. The number of nitrogens with one attached hydrogen (secondary N) is 2. The Morgan fingerprint density at radius 2 is 2.04 bits per heavy atom. The van der Waals surface area contributed by atoms with Crippen LogP contribution in [0.3, 0.4) is 0 Å². The zero-order valence-corrected chi connectivity index (χ0v) is 13.6. The fourth-order valence-corrected chi connectivity index (χ4v) is 3.36. The number of rotatable bonds is 2. The lowest BCUT2D eigenvalue weighted by molar-refractivity contribution is 0.0634. The van der Waals surface area contributed by atoms with Crippen LogP contribution >= 0.6 is 0 Å². The molecule has 122 valence electrons. The average molecular weight is 320 g/mol. The lowest BCUT2D eigenvalue weighted by atomic mass is 10.0. The normalized spacial score (nSPS) is 18.0. The molecule has 1 aliphatic heterocycles. The van der Waals surface area contributed by atoms with Crippen molar-refractivity contribution < 1.29 is 4.79 Å². The van der Waals surface area contributed by atoms with Crippen molar-refractivity contribution in [1.82, 2.24) is 20.2 Å². The van der Waals surface area contributed by atoms with Crippen molar-refractivity contribution in [1.29, 1.82) is 0 Å². The van der Waals surface area contributed by atoms with E-state index in [2.05, 4.69) is 27.4 Å². The number of carbonyl (C=O) groups excluding carboxylic acids is 1. The quantitative estimate of drug-likeness (QED) is 0.763. The van der Waals surface area contributed by atoms with Crippen LogP contribution < -0.4 is 5.32 Å². The largest absolute Gasteiger partial charge is 0.342 e. The van der Waals surface area contributed by atoms with Crippen LogP contribution in [0.15, 0.2) is 48.5 Å². The minimum Gasteiger partial charge on any atom is -0.342 e. The fourth-order valence-electron chi connectivity index (χ4n) is 3.36. The molecule has 3 aromatic rings. The molecule has 2 aromatic carbocycles. The van der Waals surface area contributed by atoms with Gasteiger partial charge in [0.15, 0.2) is 0 Å². The molecule has 1 fully saturated rings.